The highest BCUT2D eigenvalue weighted by Gasteiger charge is 2.38. The first kappa shape index (κ1) is 27.5. The van der Waals surface area contributed by atoms with E-state index in [1.165, 1.54) is 12.4 Å². The molecule has 2 fully saturated rings. The molecule has 5 N–H and O–H groups in total. The fraction of sp³-hybridized carbons (Fsp3) is 0.481. The zero-order chi connectivity index (χ0) is 28.6. The first-order valence-electron chi connectivity index (χ1n) is 13.9. The molecule has 4 heterocycles. The molecular weight excluding hydrogens is 547 g/mol. The summed E-state index contributed by atoms with van der Waals surface area (Å²) in [6.45, 7) is 0.0292. The third-order valence-electron chi connectivity index (χ3n) is 7.83. The molecule has 1 unspecified atom stereocenters. The average Bonchev–Trinajstić information content (AvgIpc) is 3.57. The molecule has 12 nitrogen and oxygen atoms in total. The normalized spacial score (nSPS) is 24.9. The summed E-state index contributed by atoms with van der Waals surface area (Å²) >= 11 is 0. The van der Waals surface area contributed by atoms with E-state index >= 15 is 0 Å². The van der Waals surface area contributed by atoms with E-state index in [1.54, 1.807) is 16.9 Å². The van der Waals surface area contributed by atoms with E-state index in [1.807, 2.05) is 31.6 Å². The Bertz CT molecular complexity index is 1570. The highest BCUT2D eigenvalue weighted by Crippen LogP contribution is 2.32. The van der Waals surface area contributed by atoms with Crippen LogP contribution >= 0.6 is 0 Å². The summed E-state index contributed by atoms with van der Waals surface area (Å²) in [4.78, 5) is 9.07. The third-order valence-corrected chi connectivity index (χ3v) is 9.86. The van der Waals surface area contributed by atoms with Crippen LogP contribution in [0.1, 0.15) is 49.9 Å². The molecule has 0 spiro atoms. The summed E-state index contributed by atoms with van der Waals surface area (Å²) in [7, 11) is -1.63. The predicted octanol–water partition coefficient (Wildman–Crippen LogP) is 1.51. The number of aryl methyl sites for hydroxylation is 1. The van der Waals surface area contributed by atoms with Crippen LogP contribution in [-0.4, -0.2) is 67.9 Å². The molecule has 14 heteroatoms. The van der Waals surface area contributed by atoms with Crippen molar-refractivity contribution in [2.24, 2.45) is 12.8 Å². The van der Waals surface area contributed by atoms with Crippen molar-refractivity contribution in [1.29, 1.82) is 0 Å². The fourth-order valence-corrected chi connectivity index (χ4v) is 6.86. The van der Waals surface area contributed by atoms with Crippen LogP contribution in [0, 0.1) is 0 Å². The quantitative estimate of drug-likeness (QED) is 0.276. The van der Waals surface area contributed by atoms with Crippen LogP contribution in [0.5, 0.6) is 0 Å². The van der Waals surface area contributed by atoms with Crippen LogP contribution in [0.2, 0.25) is 0 Å². The summed E-state index contributed by atoms with van der Waals surface area (Å²) in [5.41, 5.74) is 9.26. The molecule has 6 rings (SSSR count). The second-order valence-electron chi connectivity index (χ2n) is 11.0. The molecular formula is C27H35FN10O2S. The first-order valence-corrected chi connectivity index (χ1v) is 15.4. The number of nitrogens with one attached hydrogen (secondary N) is 3. The number of hydrogen-bond donors (Lipinski definition) is 4. The van der Waals surface area contributed by atoms with Crippen LogP contribution in [0.4, 0.5) is 4.39 Å². The van der Waals surface area contributed by atoms with Crippen LogP contribution < -0.4 is 21.7 Å². The lowest BCUT2D eigenvalue weighted by Crippen LogP contribution is -2.50. The standard InChI is InChI=1S/C27H35FN10O2S/c1-37-13-9-23(36-37)22-16-32-27(29,14-24(22)34-20-4-2-19(3-5-20)30-12-10-28)25-8-11-31-26(35-25)18-15-33-38(17-18)41(39,40)21-6-7-21/h8-9,11,13-17,19-21,30,32,34H,2-7,10,12,29H2,1H3. The number of nitrogens with two attached hydrogens (primary N) is 1. The van der Waals surface area contributed by atoms with Gasteiger partial charge in [-0.15, -0.1) is 0 Å². The molecule has 1 aliphatic heterocycles. The molecule has 3 aromatic rings. The molecule has 2 saturated carbocycles. The SMILES string of the molecule is Cn1ccc(C2=CNC(N)(c3ccnc(-c4cnn(S(=O)(=O)C5CC5)c4)n3)C=C2NC2CCC(NCCF)CC2)n1. The van der Waals surface area contributed by atoms with E-state index in [4.69, 9.17) is 10.7 Å². The lowest BCUT2D eigenvalue weighted by atomic mass is 9.89. The Labute approximate surface area is 238 Å². The number of aromatic nitrogens is 6. The Kier molecular flexibility index (Phi) is 7.38. The van der Waals surface area contributed by atoms with E-state index < -0.39 is 15.7 Å². The van der Waals surface area contributed by atoms with Crippen molar-refractivity contribution >= 4 is 15.6 Å². The van der Waals surface area contributed by atoms with Crippen molar-refractivity contribution in [2.75, 3.05) is 13.2 Å². The molecule has 3 aliphatic rings. The van der Waals surface area contributed by atoms with Crippen LogP contribution in [-0.2, 0) is 22.7 Å². The second kappa shape index (κ2) is 11.0. The van der Waals surface area contributed by atoms with Crippen LogP contribution in [0.25, 0.3) is 17.0 Å². The van der Waals surface area contributed by atoms with E-state index in [-0.39, 0.29) is 18.0 Å². The molecule has 0 saturated heterocycles. The number of alkyl halides is 1. The molecule has 3 aromatic heterocycles. The van der Waals surface area contributed by atoms with Gasteiger partial charge in [0.15, 0.2) is 11.5 Å². The minimum Gasteiger partial charge on any atom is -0.382 e. The van der Waals surface area contributed by atoms with Gasteiger partial charge in [0.1, 0.15) is 6.67 Å². The summed E-state index contributed by atoms with van der Waals surface area (Å²) in [6.07, 6.45) is 15.3. The van der Waals surface area contributed by atoms with E-state index in [2.05, 4.69) is 31.1 Å². The summed E-state index contributed by atoms with van der Waals surface area (Å²) in [6, 6.07) is 4.23. The molecule has 1 atom stereocenters. The van der Waals surface area contributed by atoms with Gasteiger partial charge in [0.05, 0.1) is 34.6 Å². The van der Waals surface area contributed by atoms with Gasteiger partial charge in [-0.25, -0.2) is 22.8 Å². The minimum absolute atomic E-state index is 0.222. The molecule has 0 amide bonds. The second-order valence-corrected chi connectivity index (χ2v) is 13.0. The van der Waals surface area contributed by atoms with Crippen LogP contribution in [0.15, 0.2) is 54.9 Å². The van der Waals surface area contributed by atoms with Crippen LogP contribution in [0.3, 0.4) is 0 Å². The first-order chi connectivity index (χ1) is 19.7. The van der Waals surface area contributed by atoms with Crippen molar-refractivity contribution in [3.8, 4) is 11.4 Å². The Morgan fingerprint density at radius 1 is 1.17 bits per heavy atom. The number of halogens is 1. The van der Waals surface area contributed by atoms with E-state index in [0.717, 1.165) is 46.7 Å². The van der Waals surface area contributed by atoms with Gasteiger partial charge in [0.2, 0.25) is 0 Å². The number of allylic oxidation sites excluding steroid dienone is 1. The topological polar surface area (TPSA) is 158 Å². The average molecular weight is 583 g/mol. The minimum atomic E-state index is -3.50. The van der Waals surface area contributed by atoms with Crippen molar-refractivity contribution < 1.29 is 12.8 Å². The number of hydrogen-bond acceptors (Lipinski definition) is 10. The van der Waals surface area contributed by atoms with Gasteiger partial charge in [-0.2, -0.15) is 14.3 Å². The molecule has 2 aliphatic carbocycles. The van der Waals surface area contributed by atoms with Gasteiger partial charge < -0.3 is 21.7 Å². The lowest BCUT2D eigenvalue weighted by Gasteiger charge is -2.35. The fourth-order valence-electron chi connectivity index (χ4n) is 5.38. The number of rotatable bonds is 10. The highest BCUT2D eigenvalue weighted by molar-refractivity contribution is 7.90. The maximum absolute atomic E-state index is 12.6. The molecule has 218 valence electrons. The summed E-state index contributed by atoms with van der Waals surface area (Å²) < 4.78 is 40.6. The zero-order valence-corrected chi connectivity index (χ0v) is 23.7. The Morgan fingerprint density at radius 2 is 1.95 bits per heavy atom. The van der Waals surface area contributed by atoms with E-state index in [0.29, 0.717) is 42.5 Å². The van der Waals surface area contributed by atoms with Gasteiger partial charge in [0.25, 0.3) is 10.0 Å². The van der Waals surface area contributed by atoms with Crippen molar-refractivity contribution in [2.45, 2.75) is 61.5 Å². The van der Waals surface area contributed by atoms with Gasteiger partial charge >= 0.3 is 0 Å². The van der Waals surface area contributed by atoms with E-state index in [9.17, 15) is 12.8 Å². The summed E-state index contributed by atoms with van der Waals surface area (Å²) in [5, 5.41) is 18.6. The molecule has 41 heavy (non-hydrogen) atoms. The van der Waals surface area contributed by atoms with Gasteiger partial charge in [0, 0.05) is 55.5 Å². The number of dihydropyridines is 1. The molecule has 0 bridgehead atoms. The monoisotopic (exact) mass is 582 g/mol. The van der Waals surface area contributed by atoms with Crippen molar-refractivity contribution in [3.05, 3.63) is 66.3 Å². The van der Waals surface area contributed by atoms with Gasteiger partial charge in [-0.1, -0.05) is 0 Å². The highest BCUT2D eigenvalue weighted by atomic mass is 32.2. The Morgan fingerprint density at radius 3 is 2.66 bits per heavy atom. The maximum atomic E-state index is 12.6. The van der Waals surface area contributed by atoms with Crippen molar-refractivity contribution in [3.63, 3.8) is 0 Å². The molecule has 0 radical (unpaired) electrons. The van der Waals surface area contributed by atoms with Gasteiger partial charge in [-0.3, -0.25) is 4.68 Å². The lowest BCUT2D eigenvalue weighted by molar-refractivity contribution is 0.311. The zero-order valence-electron chi connectivity index (χ0n) is 22.9. The molecule has 0 aromatic carbocycles. The predicted molar refractivity (Wildman–Crippen MR) is 152 cm³/mol. The summed E-state index contributed by atoms with van der Waals surface area (Å²) in [5.74, 6) is 0.327. The smallest absolute Gasteiger partial charge is 0.256 e. The number of nitrogens with zero attached hydrogens (tertiary/aromatic N) is 6. The van der Waals surface area contributed by atoms with Crippen molar-refractivity contribution in [1.82, 2.24) is 44.9 Å². The maximum Gasteiger partial charge on any atom is 0.256 e. The Balaban J connectivity index is 1.26. The Hall–Kier alpha value is -3.62. The largest absolute Gasteiger partial charge is 0.382 e. The third kappa shape index (κ3) is 5.76. The van der Waals surface area contributed by atoms with Gasteiger partial charge in [-0.05, 0) is 56.7 Å².